The molecule has 1 unspecified atom stereocenters. The van der Waals surface area contributed by atoms with Crippen LogP contribution < -0.4 is 0 Å². The van der Waals surface area contributed by atoms with E-state index in [1.54, 1.807) is 0 Å². The Morgan fingerprint density at radius 1 is 0.714 bits per heavy atom. The molecule has 2 nitrogen and oxygen atoms in total. The summed E-state index contributed by atoms with van der Waals surface area (Å²) in [7, 11) is -0.698. The van der Waals surface area contributed by atoms with Crippen LogP contribution in [0.15, 0.2) is 82.6 Å². The van der Waals surface area contributed by atoms with Gasteiger partial charge in [-0.3, -0.25) is 4.21 Å². The molecule has 0 spiro atoms. The van der Waals surface area contributed by atoms with Crippen LogP contribution in [0.4, 0.5) is 0 Å². The zero-order valence-electron chi connectivity index (χ0n) is 15.8. The van der Waals surface area contributed by atoms with Crippen LogP contribution in [0.1, 0.15) is 22.3 Å². The van der Waals surface area contributed by atoms with Crippen LogP contribution in [-0.4, -0.2) is 15.7 Å². The third-order valence-electron chi connectivity index (χ3n) is 5.01. The summed E-state index contributed by atoms with van der Waals surface area (Å²) < 4.78 is 16.4. The van der Waals surface area contributed by atoms with Gasteiger partial charge >= 0.3 is 0 Å². The van der Waals surface area contributed by atoms with E-state index in [9.17, 15) is 4.21 Å². The molecule has 0 aromatic heterocycles. The molecular weight excluding hydrogens is 384 g/mol. The van der Waals surface area contributed by atoms with Gasteiger partial charge in [0.25, 0.3) is 0 Å². The van der Waals surface area contributed by atoms with Crippen molar-refractivity contribution in [3.05, 3.63) is 95.1 Å². The van der Waals surface area contributed by atoms with Crippen LogP contribution in [0.5, 0.6) is 0 Å². The second-order valence-corrected chi connectivity index (χ2v) is 9.55. The van der Waals surface area contributed by atoms with Gasteiger partial charge in [-0.05, 0) is 47.2 Å². The molecule has 0 radical (unpaired) electrons. The molecule has 0 fully saturated rings. The molecule has 3 heterocycles. The van der Waals surface area contributed by atoms with Gasteiger partial charge < -0.3 is 4.74 Å². The monoisotopic (exact) mass is 408 g/mol. The Hall–Kier alpha value is -1.88. The van der Waals surface area contributed by atoms with Crippen LogP contribution in [0.2, 0.25) is 0 Å². The molecule has 4 heteroatoms. The minimum atomic E-state index is -0.698. The Labute approximate surface area is 173 Å². The average molecular weight is 409 g/mol. The summed E-state index contributed by atoms with van der Waals surface area (Å²) in [6.07, 6.45) is 2.25. The molecule has 0 saturated carbocycles. The van der Waals surface area contributed by atoms with E-state index in [1.165, 1.54) is 39.3 Å². The number of hydrogen-bond acceptors (Lipinski definition) is 3. The highest BCUT2D eigenvalue weighted by Crippen LogP contribution is 2.30. The van der Waals surface area contributed by atoms with Crippen LogP contribution >= 0.6 is 11.8 Å². The van der Waals surface area contributed by atoms with Crippen molar-refractivity contribution in [1.82, 2.24) is 0 Å². The lowest BCUT2D eigenvalue weighted by atomic mass is 10.1. The minimum absolute atomic E-state index is 0.698. The number of hydrogen-bond donors (Lipinski definition) is 0. The van der Waals surface area contributed by atoms with Crippen LogP contribution in [0.25, 0.3) is 0 Å². The third kappa shape index (κ3) is 4.75. The normalized spacial score (nSPS) is 18.1. The summed E-state index contributed by atoms with van der Waals surface area (Å²) in [5.41, 5.74) is 5.48. The molecule has 0 N–H and O–H groups in total. The van der Waals surface area contributed by atoms with Crippen molar-refractivity contribution in [1.29, 1.82) is 0 Å². The number of fused-ring (bicyclic) bond motifs is 3. The maximum Gasteiger partial charge on any atom is 0.0724 e. The summed E-state index contributed by atoms with van der Waals surface area (Å²) >= 11 is 1.97. The highest BCUT2D eigenvalue weighted by Gasteiger charge is 2.15. The first-order valence-electron chi connectivity index (χ1n) is 9.63. The summed E-state index contributed by atoms with van der Waals surface area (Å²) in [4.78, 5) is 2.53. The van der Waals surface area contributed by atoms with Gasteiger partial charge in [0, 0.05) is 21.3 Å². The Bertz CT molecular complexity index is 873. The number of ether oxygens (including phenoxy) is 1. The fraction of sp³-hybridized carbons (Fsp3) is 0.250. The standard InChI is InChI=1S/C8H8OS.C8H8O.C8H8S/c9-10-6-5-7-3-1-2-4-8(7)10;1-2-4-8-6-9-5-7(8)3-1;1-2-4-8-7(3-1)5-6-9-8/h1-4H,5-6H2;2*1-4H,5-6H2. The predicted octanol–water partition coefficient (Wildman–Crippen LogP) is 5.40. The molecule has 3 aliphatic heterocycles. The second kappa shape index (κ2) is 9.55. The maximum atomic E-state index is 11.2. The zero-order chi connectivity index (χ0) is 19.2. The molecule has 0 saturated heterocycles. The number of aryl methyl sites for hydroxylation is 2. The average Bonchev–Trinajstić information content (AvgIpc) is 3.49. The lowest BCUT2D eigenvalue weighted by Gasteiger charge is -1.92. The first-order valence-corrected chi connectivity index (χ1v) is 11.9. The quantitative estimate of drug-likeness (QED) is 0.498. The topological polar surface area (TPSA) is 26.3 Å². The Kier molecular flexibility index (Phi) is 6.63. The molecule has 28 heavy (non-hydrogen) atoms. The van der Waals surface area contributed by atoms with E-state index in [-0.39, 0.29) is 0 Å². The highest BCUT2D eigenvalue weighted by molar-refractivity contribution is 7.99. The lowest BCUT2D eigenvalue weighted by Crippen LogP contribution is -1.86. The third-order valence-corrected chi connectivity index (χ3v) is 7.59. The predicted molar refractivity (Wildman–Crippen MR) is 117 cm³/mol. The van der Waals surface area contributed by atoms with Crippen molar-refractivity contribution in [2.75, 3.05) is 11.5 Å². The van der Waals surface area contributed by atoms with Gasteiger partial charge in [-0.2, -0.15) is 0 Å². The van der Waals surface area contributed by atoms with E-state index < -0.39 is 10.8 Å². The van der Waals surface area contributed by atoms with E-state index in [0.29, 0.717) is 0 Å². The number of benzene rings is 3. The first-order chi connectivity index (χ1) is 13.8. The number of rotatable bonds is 0. The first kappa shape index (κ1) is 19.4. The lowest BCUT2D eigenvalue weighted by molar-refractivity contribution is 0.134. The molecule has 3 aromatic carbocycles. The van der Waals surface area contributed by atoms with E-state index in [4.69, 9.17) is 4.74 Å². The summed E-state index contributed by atoms with van der Waals surface area (Å²) in [6.45, 7) is 1.60. The van der Waals surface area contributed by atoms with E-state index >= 15 is 0 Å². The molecule has 1 atom stereocenters. The fourth-order valence-electron chi connectivity index (χ4n) is 3.48. The van der Waals surface area contributed by atoms with E-state index in [0.717, 1.165) is 30.3 Å². The van der Waals surface area contributed by atoms with Gasteiger partial charge in [-0.15, -0.1) is 11.8 Å². The van der Waals surface area contributed by atoms with Crippen molar-refractivity contribution >= 4 is 22.6 Å². The Morgan fingerprint density at radius 2 is 1.32 bits per heavy atom. The summed E-state index contributed by atoms with van der Waals surface area (Å²) in [5.74, 6) is 2.10. The summed E-state index contributed by atoms with van der Waals surface area (Å²) in [6, 6.07) is 24.9. The molecule has 0 bridgehead atoms. The van der Waals surface area contributed by atoms with Crippen LogP contribution in [-0.2, 0) is 41.6 Å². The fourth-order valence-corrected chi connectivity index (χ4v) is 5.87. The van der Waals surface area contributed by atoms with Crippen molar-refractivity contribution < 1.29 is 8.95 Å². The van der Waals surface area contributed by atoms with Gasteiger partial charge in [-0.1, -0.05) is 60.7 Å². The largest absolute Gasteiger partial charge is 0.372 e. The molecular formula is C24H24O2S2. The molecule has 3 aromatic rings. The SMILES string of the molecule is O=S1CCc2ccccc21.c1ccc2c(c1)CCS2.c1ccc2c(c1)COC2. The van der Waals surface area contributed by atoms with Crippen LogP contribution in [0.3, 0.4) is 0 Å². The zero-order valence-corrected chi connectivity index (χ0v) is 17.4. The van der Waals surface area contributed by atoms with E-state index in [2.05, 4.69) is 42.5 Å². The van der Waals surface area contributed by atoms with E-state index in [1.807, 2.05) is 42.1 Å². The van der Waals surface area contributed by atoms with Gasteiger partial charge in [0.15, 0.2) is 0 Å². The second-order valence-electron chi connectivity index (χ2n) is 6.88. The van der Waals surface area contributed by atoms with Gasteiger partial charge in [0.2, 0.25) is 0 Å². The van der Waals surface area contributed by atoms with Crippen LogP contribution in [0, 0.1) is 0 Å². The molecule has 144 valence electrons. The molecule has 6 rings (SSSR count). The van der Waals surface area contributed by atoms with Crippen molar-refractivity contribution in [3.8, 4) is 0 Å². The molecule has 0 aliphatic carbocycles. The van der Waals surface area contributed by atoms with Crippen molar-refractivity contribution in [2.24, 2.45) is 0 Å². The molecule has 3 aliphatic rings. The maximum absolute atomic E-state index is 11.2. The summed E-state index contributed by atoms with van der Waals surface area (Å²) in [5, 5.41) is 0. The van der Waals surface area contributed by atoms with Crippen molar-refractivity contribution in [3.63, 3.8) is 0 Å². The molecule has 0 amide bonds. The van der Waals surface area contributed by atoms with Crippen molar-refractivity contribution in [2.45, 2.75) is 35.8 Å². The van der Waals surface area contributed by atoms with Gasteiger partial charge in [0.1, 0.15) is 0 Å². The Morgan fingerprint density at radius 3 is 2.00 bits per heavy atom. The Balaban J connectivity index is 0.000000103. The smallest absolute Gasteiger partial charge is 0.0724 e. The minimum Gasteiger partial charge on any atom is -0.372 e. The number of thioether (sulfide) groups is 1. The van der Waals surface area contributed by atoms with Gasteiger partial charge in [0.05, 0.1) is 24.0 Å². The highest BCUT2D eigenvalue weighted by atomic mass is 32.2. The van der Waals surface area contributed by atoms with Gasteiger partial charge in [-0.25, -0.2) is 0 Å².